The van der Waals surface area contributed by atoms with E-state index in [2.05, 4.69) is 4.74 Å². The quantitative estimate of drug-likeness (QED) is 0.452. The van der Waals surface area contributed by atoms with Crippen molar-refractivity contribution in [1.29, 1.82) is 0 Å². The lowest BCUT2D eigenvalue weighted by Gasteiger charge is -2.08. The minimum atomic E-state index is -0.546. The Kier molecular flexibility index (Phi) is 2.77. The minimum Gasteiger partial charge on any atom is -0.468 e. The van der Waals surface area contributed by atoms with Gasteiger partial charge in [-0.25, -0.2) is 0 Å². The zero-order chi connectivity index (χ0) is 9.30. The number of carbonyl (C=O) groups excluding carboxylic acids is 2. The second kappa shape index (κ2) is 3.47. The fourth-order valence-corrected chi connectivity index (χ4v) is 2.71. The van der Waals surface area contributed by atoms with E-state index < -0.39 is 11.9 Å². The Hall–Kier alpha value is -0.510. The molecule has 1 heterocycles. The number of ketones is 1. The molecule has 1 rings (SSSR count). The standard InChI is InChI=1S/C8H12O3S/c1-4-6(8(10)11-3)7(9)5(2)12-4/h4-6H,1-3H3. The van der Waals surface area contributed by atoms with E-state index in [1.807, 2.05) is 13.8 Å². The van der Waals surface area contributed by atoms with Gasteiger partial charge in [0.1, 0.15) is 5.92 Å². The number of rotatable bonds is 1. The number of ether oxygens (including phenoxy) is 1. The first kappa shape index (κ1) is 9.58. The Labute approximate surface area is 75.8 Å². The third-order valence-electron chi connectivity index (χ3n) is 2.05. The molecule has 0 amide bonds. The van der Waals surface area contributed by atoms with Gasteiger partial charge in [-0.15, -0.1) is 11.8 Å². The highest BCUT2D eigenvalue weighted by Gasteiger charge is 2.43. The smallest absolute Gasteiger partial charge is 0.317 e. The minimum absolute atomic E-state index is 0.000602. The fourth-order valence-electron chi connectivity index (χ4n) is 1.39. The van der Waals surface area contributed by atoms with E-state index in [0.29, 0.717) is 0 Å². The van der Waals surface area contributed by atoms with Crippen LogP contribution < -0.4 is 0 Å². The maximum Gasteiger partial charge on any atom is 0.317 e. The summed E-state index contributed by atoms with van der Waals surface area (Å²) in [4.78, 5) is 22.5. The predicted molar refractivity (Wildman–Crippen MR) is 47.0 cm³/mol. The van der Waals surface area contributed by atoms with E-state index in [1.165, 1.54) is 18.9 Å². The molecule has 0 aromatic carbocycles. The summed E-state index contributed by atoms with van der Waals surface area (Å²) in [5.74, 6) is -0.946. The average molecular weight is 188 g/mol. The second-order valence-electron chi connectivity index (χ2n) is 2.89. The van der Waals surface area contributed by atoms with Crippen LogP contribution in [-0.4, -0.2) is 29.4 Å². The van der Waals surface area contributed by atoms with E-state index in [1.54, 1.807) is 0 Å². The Balaban J connectivity index is 2.76. The van der Waals surface area contributed by atoms with Gasteiger partial charge in [0.25, 0.3) is 0 Å². The summed E-state index contributed by atoms with van der Waals surface area (Å²) in [6, 6.07) is 0. The van der Waals surface area contributed by atoms with Crippen molar-refractivity contribution >= 4 is 23.5 Å². The number of methoxy groups -OCH3 is 1. The highest BCUT2D eigenvalue weighted by molar-refractivity contribution is 8.01. The van der Waals surface area contributed by atoms with Crippen molar-refractivity contribution in [2.75, 3.05) is 7.11 Å². The zero-order valence-corrected chi connectivity index (χ0v) is 8.18. The van der Waals surface area contributed by atoms with Crippen LogP contribution in [0, 0.1) is 5.92 Å². The van der Waals surface area contributed by atoms with Gasteiger partial charge >= 0.3 is 5.97 Å². The van der Waals surface area contributed by atoms with Gasteiger partial charge in [0.2, 0.25) is 0 Å². The first-order valence-electron chi connectivity index (χ1n) is 3.85. The molecule has 0 aliphatic carbocycles. The lowest BCUT2D eigenvalue weighted by atomic mass is 10.00. The summed E-state index contributed by atoms with van der Waals surface area (Å²) in [7, 11) is 1.32. The molecule has 0 N–H and O–H groups in total. The summed E-state index contributed by atoms with van der Waals surface area (Å²) < 4.78 is 4.55. The average Bonchev–Trinajstić information content (AvgIpc) is 2.26. The van der Waals surface area contributed by atoms with Crippen molar-refractivity contribution in [2.45, 2.75) is 24.3 Å². The summed E-state index contributed by atoms with van der Waals surface area (Å²) >= 11 is 1.53. The molecule has 1 aliphatic heterocycles. The molecule has 1 aliphatic rings. The van der Waals surface area contributed by atoms with Crippen molar-refractivity contribution < 1.29 is 14.3 Å². The molecule has 0 saturated carbocycles. The van der Waals surface area contributed by atoms with E-state index in [0.717, 1.165) is 0 Å². The third kappa shape index (κ3) is 1.48. The van der Waals surface area contributed by atoms with Crippen molar-refractivity contribution in [3.63, 3.8) is 0 Å². The van der Waals surface area contributed by atoms with E-state index >= 15 is 0 Å². The lowest BCUT2D eigenvalue weighted by Crippen LogP contribution is -2.29. The Morgan fingerprint density at radius 3 is 2.42 bits per heavy atom. The monoisotopic (exact) mass is 188 g/mol. The van der Waals surface area contributed by atoms with E-state index in [4.69, 9.17) is 0 Å². The van der Waals surface area contributed by atoms with Crippen LogP contribution >= 0.6 is 11.8 Å². The van der Waals surface area contributed by atoms with Crippen LogP contribution in [0.25, 0.3) is 0 Å². The maximum atomic E-state index is 11.4. The van der Waals surface area contributed by atoms with Crippen LogP contribution in [0.2, 0.25) is 0 Å². The molecule has 3 unspecified atom stereocenters. The molecule has 0 spiro atoms. The Morgan fingerprint density at radius 2 is 2.08 bits per heavy atom. The highest BCUT2D eigenvalue weighted by Crippen LogP contribution is 2.35. The first-order valence-corrected chi connectivity index (χ1v) is 4.79. The van der Waals surface area contributed by atoms with Gasteiger partial charge in [-0.1, -0.05) is 6.92 Å². The van der Waals surface area contributed by atoms with Crippen LogP contribution in [0.5, 0.6) is 0 Å². The number of hydrogen-bond acceptors (Lipinski definition) is 4. The van der Waals surface area contributed by atoms with Gasteiger partial charge in [0.05, 0.1) is 12.4 Å². The van der Waals surface area contributed by atoms with Crippen LogP contribution in [0.4, 0.5) is 0 Å². The van der Waals surface area contributed by atoms with Gasteiger partial charge in [-0.05, 0) is 6.92 Å². The maximum absolute atomic E-state index is 11.4. The van der Waals surface area contributed by atoms with Crippen molar-refractivity contribution in [3.05, 3.63) is 0 Å². The van der Waals surface area contributed by atoms with Crippen molar-refractivity contribution in [3.8, 4) is 0 Å². The van der Waals surface area contributed by atoms with Crippen molar-refractivity contribution in [2.24, 2.45) is 5.92 Å². The number of Topliss-reactive ketones (excluding diaryl/α,β-unsaturated/α-hetero) is 1. The predicted octanol–water partition coefficient (Wildman–Crippen LogP) is 0.868. The molecule has 1 saturated heterocycles. The van der Waals surface area contributed by atoms with Crippen LogP contribution in [0.15, 0.2) is 0 Å². The zero-order valence-electron chi connectivity index (χ0n) is 7.37. The third-order valence-corrected chi connectivity index (χ3v) is 3.39. The SMILES string of the molecule is COC(=O)C1C(=O)C(C)SC1C. The van der Waals surface area contributed by atoms with Crippen LogP contribution in [0.3, 0.4) is 0 Å². The molecular weight excluding hydrogens is 176 g/mol. The summed E-state index contributed by atoms with van der Waals surface area (Å²) in [5, 5.41) is -0.0101. The normalized spacial score (nSPS) is 35.2. The van der Waals surface area contributed by atoms with Gasteiger partial charge in [-0.2, -0.15) is 0 Å². The van der Waals surface area contributed by atoms with Gasteiger partial charge in [0, 0.05) is 5.25 Å². The molecule has 0 aromatic heterocycles. The van der Waals surface area contributed by atoms with Gasteiger partial charge < -0.3 is 4.74 Å². The molecular formula is C8H12O3S. The summed E-state index contributed by atoms with van der Waals surface area (Å²) in [6.07, 6.45) is 0. The molecule has 0 aromatic rings. The largest absolute Gasteiger partial charge is 0.468 e. The van der Waals surface area contributed by atoms with E-state index in [-0.39, 0.29) is 16.3 Å². The molecule has 3 nitrogen and oxygen atoms in total. The number of carbonyl (C=O) groups is 2. The van der Waals surface area contributed by atoms with E-state index in [9.17, 15) is 9.59 Å². The summed E-state index contributed by atoms with van der Waals surface area (Å²) in [6.45, 7) is 3.71. The number of hydrogen-bond donors (Lipinski definition) is 0. The Bertz CT molecular complexity index is 214. The topological polar surface area (TPSA) is 43.4 Å². The molecule has 3 atom stereocenters. The second-order valence-corrected chi connectivity index (χ2v) is 4.61. The highest BCUT2D eigenvalue weighted by atomic mass is 32.2. The van der Waals surface area contributed by atoms with Crippen molar-refractivity contribution in [1.82, 2.24) is 0 Å². The van der Waals surface area contributed by atoms with Gasteiger partial charge in [0.15, 0.2) is 5.78 Å². The Morgan fingerprint density at radius 1 is 1.50 bits per heavy atom. The lowest BCUT2D eigenvalue weighted by molar-refractivity contribution is -0.148. The molecule has 68 valence electrons. The van der Waals surface area contributed by atoms with Crippen LogP contribution in [0.1, 0.15) is 13.8 Å². The first-order chi connectivity index (χ1) is 5.57. The number of esters is 1. The molecule has 12 heavy (non-hydrogen) atoms. The van der Waals surface area contributed by atoms with Gasteiger partial charge in [-0.3, -0.25) is 9.59 Å². The molecule has 0 bridgehead atoms. The van der Waals surface area contributed by atoms with Crippen LogP contribution in [-0.2, 0) is 14.3 Å². The molecule has 0 radical (unpaired) electrons. The molecule has 4 heteroatoms. The molecule has 1 fully saturated rings. The number of thioether (sulfide) groups is 1. The summed E-state index contributed by atoms with van der Waals surface area (Å²) in [5.41, 5.74) is 0. The fraction of sp³-hybridized carbons (Fsp3) is 0.750.